The lowest BCUT2D eigenvalue weighted by molar-refractivity contribution is 0.207. The number of nitrogens with zero attached hydrogens (tertiary/aromatic N) is 5. The van der Waals surface area contributed by atoms with Crippen LogP contribution >= 0.6 is 0 Å². The van der Waals surface area contributed by atoms with Gasteiger partial charge in [0.15, 0.2) is 0 Å². The highest BCUT2D eigenvalue weighted by molar-refractivity contribution is 5.93. The van der Waals surface area contributed by atoms with Gasteiger partial charge in [-0.3, -0.25) is 4.40 Å². The van der Waals surface area contributed by atoms with Crippen LogP contribution < -0.4 is 4.90 Å². The van der Waals surface area contributed by atoms with Crippen LogP contribution in [0.15, 0.2) is 60.9 Å². The molecule has 2 aromatic carbocycles. The topological polar surface area (TPSA) is 55.5 Å². The number of aromatic nitrogens is 4. The van der Waals surface area contributed by atoms with Gasteiger partial charge in [0.25, 0.3) is 5.78 Å². The number of fused-ring (bicyclic) bond motifs is 3. The average molecular weight is 319 g/mol. The number of anilines is 2. The van der Waals surface area contributed by atoms with E-state index in [-0.39, 0.29) is 0 Å². The monoisotopic (exact) mass is 319 g/mol. The summed E-state index contributed by atoms with van der Waals surface area (Å²) in [6, 6.07) is 18.3. The number of para-hydroxylation sites is 2. The molecule has 120 valence electrons. The molecule has 6 nitrogen and oxygen atoms in total. The zero-order valence-electron chi connectivity index (χ0n) is 13.3. The molecule has 0 radical (unpaired) electrons. The van der Waals surface area contributed by atoms with Gasteiger partial charge in [0.05, 0.1) is 12.1 Å². The summed E-state index contributed by atoms with van der Waals surface area (Å²) in [5, 5.41) is 9.17. The van der Waals surface area contributed by atoms with Gasteiger partial charge in [-0.2, -0.15) is 4.98 Å². The van der Waals surface area contributed by atoms with Crippen molar-refractivity contribution in [3.05, 3.63) is 60.9 Å². The molecule has 0 saturated heterocycles. The van der Waals surface area contributed by atoms with Crippen molar-refractivity contribution in [3.8, 4) is 0 Å². The average Bonchev–Trinajstić information content (AvgIpc) is 3.12. The second-order valence-corrected chi connectivity index (χ2v) is 5.43. The maximum Gasteiger partial charge on any atom is 0.257 e. The summed E-state index contributed by atoms with van der Waals surface area (Å²) < 4.78 is 7.20. The molecule has 0 amide bonds. The Bertz CT molecular complexity index is 967. The Morgan fingerprint density at radius 1 is 1.04 bits per heavy atom. The predicted octanol–water partition coefficient (Wildman–Crippen LogP) is 3.06. The van der Waals surface area contributed by atoms with Crippen molar-refractivity contribution < 1.29 is 4.74 Å². The first-order valence-electron chi connectivity index (χ1n) is 7.78. The molecule has 0 atom stereocenters. The molecule has 0 saturated carbocycles. The molecule has 0 N–H and O–H groups in total. The fourth-order valence-corrected chi connectivity index (χ4v) is 2.86. The summed E-state index contributed by atoms with van der Waals surface area (Å²) in [5.41, 5.74) is 2.09. The van der Waals surface area contributed by atoms with Crippen LogP contribution in [0, 0.1) is 0 Å². The number of benzene rings is 2. The number of hydrogen-bond acceptors (Lipinski definition) is 5. The Morgan fingerprint density at radius 3 is 2.67 bits per heavy atom. The molecule has 24 heavy (non-hydrogen) atoms. The van der Waals surface area contributed by atoms with E-state index in [0.717, 1.165) is 22.4 Å². The third kappa shape index (κ3) is 2.47. The fraction of sp³-hybridized carbons (Fsp3) is 0.167. The van der Waals surface area contributed by atoms with E-state index in [1.807, 2.05) is 34.7 Å². The molecule has 2 aromatic heterocycles. The lowest BCUT2D eigenvalue weighted by Crippen LogP contribution is -2.23. The minimum absolute atomic E-state index is 0.585. The van der Waals surface area contributed by atoms with Crippen LogP contribution in [0.3, 0.4) is 0 Å². The molecule has 0 aliphatic carbocycles. The minimum Gasteiger partial charge on any atom is -0.383 e. The van der Waals surface area contributed by atoms with Crippen LogP contribution in [-0.2, 0) is 4.74 Å². The largest absolute Gasteiger partial charge is 0.383 e. The van der Waals surface area contributed by atoms with Crippen molar-refractivity contribution in [2.45, 2.75) is 0 Å². The van der Waals surface area contributed by atoms with Crippen LogP contribution in [0.5, 0.6) is 0 Å². The first-order chi connectivity index (χ1) is 11.9. The maximum absolute atomic E-state index is 5.30. The van der Waals surface area contributed by atoms with E-state index in [0.29, 0.717) is 18.9 Å². The molecule has 2 heterocycles. The normalized spacial score (nSPS) is 11.2. The summed E-state index contributed by atoms with van der Waals surface area (Å²) in [7, 11) is 1.70. The van der Waals surface area contributed by atoms with Crippen LogP contribution in [0.25, 0.3) is 16.7 Å². The number of rotatable bonds is 5. The third-order valence-corrected chi connectivity index (χ3v) is 3.98. The van der Waals surface area contributed by atoms with Gasteiger partial charge >= 0.3 is 0 Å². The summed E-state index contributed by atoms with van der Waals surface area (Å²) in [5.74, 6) is 1.44. The van der Waals surface area contributed by atoms with Gasteiger partial charge < -0.3 is 9.64 Å². The molecular formula is C18H17N5O. The van der Waals surface area contributed by atoms with Gasteiger partial charge in [0.2, 0.25) is 0 Å². The lowest BCUT2D eigenvalue weighted by Gasteiger charge is -2.25. The zero-order valence-corrected chi connectivity index (χ0v) is 13.3. The summed E-state index contributed by atoms with van der Waals surface area (Å²) >= 11 is 0. The SMILES string of the molecule is COCCN(c1ccccc1)c1nc2nncn2c2ccccc12. The van der Waals surface area contributed by atoms with E-state index in [1.165, 1.54) is 0 Å². The van der Waals surface area contributed by atoms with Crippen molar-refractivity contribution in [2.24, 2.45) is 0 Å². The van der Waals surface area contributed by atoms with Crippen LogP contribution in [0.2, 0.25) is 0 Å². The lowest BCUT2D eigenvalue weighted by atomic mass is 10.2. The van der Waals surface area contributed by atoms with Crippen molar-refractivity contribution >= 4 is 28.2 Å². The quantitative estimate of drug-likeness (QED) is 0.566. The number of hydrogen-bond donors (Lipinski definition) is 0. The second kappa shape index (κ2) is 6.25. The Balaban J connectivity index is 1.96. The second-order valence-electron chi connectivity index (χ2n) is 5.43. The van der Waals surface area contributed by atoms with Crippen molar-refractivity contribution in [3.63, 3.8) is 0 Å². The smallest absolute Gasteiger partial charge is 0.257 e. The minimum atomic E-state index is 0.585. The van der Waals surface area contributed by atoms with Crippen molar-refractivity contribution in [2.75, 3.05) is 25.2 Å². The molecule has 4 rings (SSSR count). The molecule has 0 bridgehead atoms. The molecule has 0 aliphatic heterocycles. The highest BCUT2D eigenvalue weighted by atomic mass is 16.5. The van der Waals surface area contributed by atoms with Crippen molar-refractivity contribution in [1.29, 1.82) is 0 Å². The van der Waals surface area contributed by atoms with Crippen LogP contribution in [0.1, 0.15) is 0 Å². The molecular weight excluding hydrogens is 302 g/mol. The standard InChI is InChI=1S/C18H17N5O/c1-24-12-11-22(14-7-3-2-4-8-14)17-15-9-5-6-10-16(15)23-13-19-21-18(23)20-17/h2-10,13H,11-12H2,1H3. The van der Waals surface area contributed by atoms with Gasteiger partial charge in [0.1, 0.15) is 12.1 Å². The highest BCUT2D eigenvalue weighted by Gasteiger charge is 2.16. The van der Waals surface area contributed by atoms with E-state index < -0.39 is 0 Å². The highest BCUT2D eigenvalue weighted by Crippen LogP contribution is 2.30. The van der Waals surface area contributed by atoms with Gasteiger partial charge in [-0.25, -0.2) is 0 Å². The first-order valence-corrected chi connectivity index (χ1v) is 7.78. The van der Waals surface area contributed by atoms with E-state index in [1.54, 1.807) is 13.4 Å². The molecule has 0 unspecified atom stereocenters. The summed E-state index contributed by atoms with van der Waals surface area (Å²) in [6.45, 7) is 1.30. The van der Waals surface area contributed by atoms with Gasteiger partial charge in [-0.15, -0.1) is 10.2 Å². The Kier molecular flexibility index (Phi) is 3.80. The Labute approximate surface area is 139 Å². The predicted molar refractivity (Wildman–Crippen MR) is 93.6 cm³/mol. The van der Waals surface area contributed by atoms with E-state index in [9.17, 15) is 0 Å². The molecule has 6 heteroatoms. The summed E-state index contributed by atoms with van der Waals surface area (Å²) in [6.07, 6.45) is 1.69. The maximum atomic E-state index is 5.30. The zero-order chi connectivity index (χ0) is 16.4. The molecule has 0 aliphatic rings. The van der Waals surface area contributed by atoms with Crippen LogP contribution in [-0.4, -0.2) is 39.8 Å². The third-order valence-electron chi connectivity index (χ3n) is 3.98. The number of ether oxygens (including phenoxy) is 1. The van der Waals surface area contributed by atoms with Crippen molar-refractivity contribution in [1.82, 2.24) is 19.6 Å². The van der Waals surface area contributed by atoms with E-state index in [4.69, 9.17) is 9.72 Å². The fourth-order valence-electron chi connectivity index (χ4n) is 2.86. The van der Waals surface area contributed by atoms with Gasteiger partial charge in [-0.05, 0) is 24.3 Å². The van der Waals surface area contributed by atoms with E-state index in [2.05, 4.69) is 39.4 Å². The van der Waals surface area contributed by atoms with Crippen LogP contribution in [0.4, 0.5) is 11.5 Å². The molecule has 4 aromatic rings. The molecule has 0 spiro atoms. The Hall–Kier alpha value is -2.99. The molecule has 0 fully saturated rings. The van der Waals surface area contributed by atoms with Gasteiger partial charge in [-0.1, -0.05) is 30.3 Å². The number of methoxy groups -OCH3 is 1. The summed E-state index contributed by atoms with van der Waals surface area (Å²) in [4.78, 5) is 6.91. The van der Waals surface area contributed by atoms with E-state index >= 15 is 0 Å². The van der Waals surface area contributed by atoms with Gasteiger partial charge in [0, 0.05) is 24.7 Å². The first kappa shape index (κ1) is 14.6. The Morgan fingerprint density at radius 2 is 1.83 bits per heavy atom.